The van der Waals surface area contributed by atoms with Crippen molar-refractivity contribution in [1.82, 2.24) is 9.80 Å². The van der Waals surface area contributed by atoms with Gasteiger partial charge in [0.05, 0.1) is 19.3 Å². The third-order valence-electron chi connectivity index (χ3n) is 5.41. The largest absolute Gasteiger partial charge is 0.491 e. The lowest BCUT2D eigenvalue weighted by Crippen LogP contribution is -2.42. The van der Waals surface area contributed by atoms with Crippen LogP contribution >= 0.6 is 0 Å². The summed E-state index contributed by atoms with van der Waals surface area (Å²) in [5.74, 6) is 1.53. The number of fused-ring (bicyclic) bond motifs is 1. The molecule has 0 aliphatic carbocycles. The van der Waals surface area contributed by atoms with Gasteiger partial charge in [0.2, 0.25) is 0 Å². The van der Waals surface area contributed by atoms with Crippen LogP contribution in [0.1, 0.15) is 18.1 Å². The number of carbonyl (C=O) groups is 1. The Morgan fingerprint density at radius 2 is 1.93 bits per heavy atom. The van der Waals surface area contributed by atoms with Gasteiger partial charge >= 0.3 is 0 Å². The first-order valence-electron chi connectivity index (χ1n) is 10.2. The molecule has 0 bridgehead atoms. The van der Waals surface area contributed by atoms with Gasteiger partial charge < -0.3 is 19.1 Å². The summed E-state index contributed by atoms with van der Waals surface area (Å²) in [7, 11) is 0. The second-order valence-electron chi connectivity index (χ2n) is 7.61. The molecule has 1 amide bonds. The average Bonchev–Trinajstić information content (AvgIpc) is 2.92. The number of hydrogen-bond donors (Lipinski definition) is 0. The van der Waals surface area contributed by atoms with Crippen LogP contribution in [0, 0.1) is 0 Å². The molecule has 0 aromatic heterocycles. The quantitative estimate of drug-likeness (QED) is 0.778. The smallest absolute Gasteiger partial charge is 0.261 e. The Morgan fingerprint density at radius 3 is 2.72 bits per heavy atom. The lowest BCUT2D eigenvalue weighted by atomic mass is 10.1. The molecule has 2 heterocycles. The normalized spacial score (nSPS) is 19.8. The Kier molecular flexibility index (Phi) is 6.32. The zero-order valence-electron chi connectivity index (χ0n) is 16.9. The maximum Gasteiger partial charge on any atom is 0.261 e. The molecule has 0 N–H and O–H groups in total. The van der Waals surface area contributed by atoms with Crippen molar-refractivity contribution in [3.8, 4) is 11.5 Å². The van der Waals surface area contributed by atoms with Crippen molar-refractivity contribution >= 4 is 5.91 Å². The van der Waals surface area contributed by atoms with Crippen LogP contribution in [0.3, 0.4) is 0 Å². The maximum absolute atomic E-state index is 12.9. The number of morpholine rings is 1. The predicted octanol–water partition coefficient (Wildman–Crippen LogP) is 2.71. The fourth-order valence-corrected chi connectivity index (χ4v) is 3.73. The van der Waals surface area contributed by atoms with E-state index in [1.807, 2.05) is 48.2 Å². The van der Waals surface area contributed by atoms with Crippen LogP contribution in [0.4, 0.5) is 0 Å². The van der Waals surface area contributed by atoms with Gasteiger partial charge in [-0.2, -0.15) is 0 Å². The summed E-state index contributed by atoms with van der Waals surface area (Å²) in [5.41, 5.74) is 2.28. The lowest BCUT2D eigenvalue weighted by Gasteiger charge is -2.27. The van der Waals surface area contributed by atoms with E-state index >= 15 is 0 Å². The summed E-state index contributed by atoms with van der Waals surface area (Å²) in [4.78, 5) is 17.1. The number of para-hydroxylation sites is 1. The Balaban J connectivity index is 1.43. The molecule has 6 nitrogen and oxygen atoms in total. The molecule has 2 aliphatic heterocycles. The Labute approximate surface area is 172 Å². The van der Waals surface area contributed by atoms with E-state index in [-0.39, 0.29) is 18.6 Å². The number of benzene rings is 2. The van der Waals surface area contributed by atoms with E-state index < -0.39 is 0 Å². The van der Waals surface area contributed by atoms with E-state index in [0.717, 1.165) is 44.2 Å². The van der Waals surface area contributed by atoms with E-state index in [0.29, 0.717) is 18.9 Å². The monoisotopic (exact) mass is 396 g/mol. The van der Waals surface area contributed by atoms with Crippen molar-refractivity contribution in [3.63, 3.8) is 0 Å². The van der Waals surface area contributed by atoms with Crippen LogP contribution < -0.4 is 9.47 Å². The van der Waals surface area contributed by atoms with Crippen molar-refractivity contribution in [2.75, 3.05) is 39.5 Å². The van der Waals surface area contributed by atoms with Crippen LogP contribution in [0.25, 0.3) is 0 Å². The third kappa shape index (κ3) is 5.08. The van der Waals surface area contributed by atoms with Gasteiger partial charge in [-0.05, 0) is 36.8 Å². The van der Waals surface area contributed by atoms with Gasteiger partial charge in [-0.3, -0.25) is 9.69 Å². The minimum absolute atomic E-state index is 0.0167. The molecule has 4 rings (SSSR count). The predicted molar refractivity (Wildman–Crippen MR) is 110 cm³/mol. The minimum Gasteiger partial charge on any atom is -0.491 e. The first kappa shape index (κ1) is 19.7. The molecular formula is C23H28N2O4. The van der Waals surface area contributed by atoms with Crippen LogP contribution in [-0.2, 0) is 22.6 Å². The van der Waals surface area contributed by atoms with E-state index in [9.17, 15) is 4.79 Å². The second kappa shape index (κ2) is 9.29. The number of amides is 1. The van der Waals surface area contributed by atoms with Crippen molar-refractivity contribution < 1.29 is 19.0 Å². The number of rotatable bonds is 5. The molecule has 0 unspecified atom stereocenters. The molecule has 2 aliphatic rings. The summed E-state index contributed by atoms with van der Waals surface area (Å²) in [6.45, 7) is 7.41. The Bertz CT molecular complexity index is 821. The van der Waals surface area contributed by atoms with Crippen LogP contribution in [-0.4, -0.2) is 61.3 Å². The molecular weight excluding hydrogens is 368 g/mol. The highest BCUT2D eigenvalue weighted by atomic mass is 16.5. The van der Waals surface area contributed by atoms with Gasteiger partial charge in [0.15, 0.2) is 6.61 Å². The molecule has 0 radical (unpaired) electrons. The van der Waals surface area contributed by atoms with E-state index in [2.05, 4.69) is 17.0 Å². The number of carbonyl (C=O) groups excluding carboxylic acids is 1. The SMILES string of the molecule is C[C@H]1COc2ccc(CN3CCOCC3)cc2CN1C(=O)COc1ccccc1. The summed E-state index contributed by atoms with van der Waals surface area (Å²) in [5, 5.41) is 0. The Morgan fingerprint density at radius 1 is 1.14 bits per heavy atom. The number of ether oxygens (including phenoxy) is 3. The number of hydrogen-bond acceptors (Lipinski definition) is 5. The van der Waals surface area contributed by atoms with Gasteiger partial charge in [0.1, 0.15) is 18.1 Å². The molecule has 2 aromatic carbocycles. The topological polar surface area (TPSA) is 51.2 Å². The Hall–Kier alpha value is -2.57. The second-order valence-corrected chi connectivity index (χ2v) is 7.61. The van der Waals surface area contributed by atoms with E-state index in [4.69, 9.17) is 14.2 Å². The van der Waals surface area contributed by atoms with Gasteiger partial charge in [-0.25, -0.2) is 0 Å². The molecule has 6 heteroatoms. The van der Waals surface area contributed by atoms with Crippen molar-refractivity contribution in [2.24, 2.45) is 0 Å². The molecule has 1 saturated heterocycles. The van der Waals surface area contributed by atoms with Crippen molar-refractivity contribution in [2.45, 2.75) is 26.1 Å². The summed E-state index contributed by atoms with van der Waals surface area (Å²) in [6, 6.07) is 15.7. The highest BCUT2D eigenvalue weighted by molar-refractivity contribution is 5.78. The van der Waals surface area contributed by atoms with Gasteiger partial charge in [-0.15, -0.1) is 0 Å². The van der Waals surface area contributed by atoms with Crippen molar-refractivity contribution in [1.29, 1.82) is 0 Å². The molecule has 29 heavy (non-hydrogen) atoms. The van der Waals surface area contributed by atoms with Gasteiger partial charge in [-0.1, -0.05) is 24.3 Å². The maximum atomic E-state index is 12.9. The summed E-state index contributed by atoms with van der Waals surface area (Å²) >= 11 is 0. The molecule has 1 fully saturated rings. The van der Waals surface area contributed by atoms with Crippen LogP contribution in [0.5, 0.6) is 11.5 Å². The van der Waals surface area contributed by atoms with E-state index in [1.54, 1.807) is 0 Å². The molecule has 2 aromatic rings. The standard InChI is InChI=1S/C23H28N2O4/c1-18-16-29-22-8-7-19(14-24-9-11-27-12-10-24)13-20(22)15-25(18)23(26)17-28-21-5-3-2-4-6-21/h2-8,13,18H,9-12,14-17H2,1H3/t18-/m0/s1. The highest BCUT2D eigenvalue weighted by Crippen LogP contribution is 2.27. The fraction of sp³-hybridized carbons (Fsp3) is 0.435. The van der Waals surface area contributed by atoms with Gasteiger partial charge in [0, 0.05) is 31.7 Å². The highest BCUT2D eigenvalue weighted by Gasteiger charge is 2.26. The summed E-state index contributed by atoms with van der Waals surface area (Å²) in [6.07, 6.45) is 0. The molecule has 0 spiro atoms. The first-order chi connectivity index (χ1) is 14.2. The van der Waals surface area contributed by atoms with Crippen molar-refractivity contribution in [3.05, 3.63) is 59.7 Å². The first-order valence-corrected chi connectivity index (χ1v) is 10.2. The summed E-state index contributed by atoms with van der Waals surface area (Å²) < 4.78 is 17.1. The molecule has 154 valence electrons. The van der Waals surface area contributed by atoms with Crippen LogP contribution in [0.2, 0.25) is 0 Å². The zero-order chi connectivity index (χ0) is 20.1. The zero-order valence-corrected chi connectivity index (χ0v) is 16.9. The average molecular weight is 396 g/mol. The minimum atomic E-state index is -0.0311. The van der Waals surface area contributed by atoms with E-state index in [1.165, 1.54) is 5.56 Å². The molecule has 1 atom stereocenters. The molecule has 0 saturated carbocycles. The number of nitrogens with zero attached hydrogens (tertiary/aromatic N) is 2. The fourth-order valence-electron chi connectivity index (χ4n) is 3.73. The lowest BCUT2D eigenvalue weighted by molar-refractivity contribution is -0.136. The third-order valence-corrected chi connectivity index (χ3v) is 5.41. The van der Waals surface area contributed by atoms with Gasteiger partial charge in [0.25, 0.3) is 5.91 Å². The van der Waals surface area contributed by atoms with Crippen LogP contribution in [0.15, 0.2) is 48.5 Å².